The van der Waals surface area contributed by atoms with Crippen LogP contribution in [-0.2, 0) is 11.3 Å². The minimum atomic E-state index is -0.602. The zero-order valence-corrected chi connectivity index (χ0v) is 12.9. The standard InChI is InChI=1S/C15H13F2NOS2/c1-9-5-6-10(21-9)7-18-13(19)8-20-15(18)14-11(16)3-2-4-12(14)17/h2-6,15H,7-8H2,1H3. The van der Waals surface area contributed by atoms with Gasteiger partial charge in [-0.3, -0.25) is 4.79 Å². The third-order valence-corrected chi connectivity index (χ3v) is 5.54. The number of hydrogen-bond donors (Lipinski definition) is 0. The number of benzene rings is 1. The molecule has 0 saturated carbocycles. The number of rotatable bonds is 3. The third kappa shape index (κ3) is 2.82. The zero-order valence-electron chi connectivity index (χ0n) is 11.3. The molecule has 1 aliphatic heterocycles. The van der Waals surface area contributed by atoms with E-state index in [-0.39, 0.29) is 17.2 Å². The SMILES string of the molecule is Cc1ccc(CN2C(=O)CSC2c2c(F)cccc2F)s1. The van der Waals surface area contributed by atoms with E-state index in [0.29, 0.717) is 6.54 Å². The van der Waals surface area contributed by atoms with E-state index in [9.17, 15) is 13.6 Å². The number of thioether (sulfide) groups is 1. The molecule has 1 aliphatic rings. The largest absolute Gasteiger partial charge is 0.320 e. The number of aryl methyl sites for hydroxylation is 1. The van der Waals surface area contributed by atoms with Crippen molar-refractivity contribution < 1.29 is 13.6 Å². The summed E-state index contributed by atoms with van der Waals surface area (Å²) in [5.74, 6) is -1.04. The lowest BCUT2D eigenvalue weighted by atomic mass is 10.1. The first-order chi connectivity index (χ1) is 10.1. The van der Waals surface area contributed by atoms with Gasteiger partial charge >= 0.3 is 0 Å². The van der Waals surface area contributed by atoms with E-state index < -0.39 is 17.0 Å². The van der Waals surface area contributed by atoms with Gasteiger partial charge in [0.25, 0.3) is 0 Å². The third-order valence-electron chi connectivity index (χ3n) is 3.34. The van der Waals surface area contributed by atoms with Gasteiger partial charge in [-0.2, -0.15) is 0 Å². The molecule has 1 unspecified atom stereocenters. The van der Waals surface area contributed by atoms with Crippen molar-refractivity contribution in [3.63, 3.8) is 0 Å². The van der Waals surface area contributed by atoms with Gasteiger partial charge in [0, 0.05) is 9.75 Å². The minimum absolute atomic E-state index is 0.0263. The van der Waals surface area contributed by atoms with Crippen LogP contribution >= 0.6 is 23.1 Å². The first-order valence-electron chi connectivity index (χ1n) is 6.46. The van der Waals surface area contributed by atoms with Crippen LogP contribution in [0.5, 0.6) is 0 Å². The van der Waals surface area contributed by atoms with Gasteiger partial charge in [0.05, 0.1) is 17.9 Å². The molecule has 110 valence electrons. The molecule has 1 amide bonds. The summed E-state index contributed by atoms with van der Waals surface area (Å²) in [5, 5.41) is -0.596. The van der Waals surface area contributed by atoms with Crippen LogP contribution in [0.25, 0.3) is 0 Å². The second-order valence-electron chi connectivity index (χ2n) is 4.83. The van der Waals surface area contributed by atoms with Crippen LogP contribution in [0.1, 0.15) is 20.7 Å². The highest BCUT2D eigenvalue weighted by molar-refractivity contribution is 8.00. The van der Waals surface area contributed by atoms with Crippen LogP contribution in [0.4, 0.5) is 8.78 Å². The van der Waals surface area contributed by atoms with E-state index in [1.165, 1.54) is 30.0 Å². The molecule has 0 N–H and O–H groups in total. The maximum absolute atomic E-state index is 14.0. The maximum atomic E-state index is 14.0. The van der Waals surface area contributed by atoms with E-state index in [1.54, 1.807) is 16.2 Å². The molecule has 3 rings (SSSR count). The van der Waals surface area contributed by atoms with Gasteiger partial charge in [0.15, 0.2) is 0 Å². The summed E-state index contributed by atoms with van der Waals surface area (Å²) < 4.78 is 27.9. The Kier molecular flexibility index (Phi) is 3.99. The van der Waals surface area contributed by atoms with Crippen molar-refractivity contribution in [3.8, 4) is 0 Å². The van der Waals surface area contributed by atoms with Crippen molar-refractivity contribution >= 4 is 29.0 Å². The van der Waals surface area contributed by atoms with Gasteiger partial charge in [-0.05, 0) is 31.2 Å². The van der Waals surface area contributed by atoms with Crippen molar-refractivity contribution in [2.45, 2.75) is 18.8 Å². The topological polar surface area (TPSA) is 20.3 Å². The van der Waals surface area contributed by atoms with Gasteiger partial charge in [0.2, 0.25) is 5.91 Å². The van der Waals surface area contributed by atoms with Crippen LogP contribution in [0, 0.1) is 18.6 Å². The summed E-state index contributed by atoms with van der Waals surface area (Å²) in [5.41, 5.74) is -0.0263. The zero-order chi connectivity index (χ0) is 15.0. The summed E-state index contributed by atoms with van der Waals surface area (Å²) in [4.78, 5) is 15.8. The fourth-order valence-corrected chi connectivity index (χ4v) is 4.47. The number of thiophene rings is 1. The second kappa shape index (κ2) is 5.77. The molecule has 1 fully saturated rings. The monoisotopic (exact) mass is 325 g/mol. The molecule has 2 nitrogen and oxygen atoms in total. The highest BCUT2D eigenvalue weighted by atomic mass is 32.2. The van der Waals surface area contributed by atoms with Crippen molar-refractivity contribution in [2.75, 3.05) is 5.75 Å². The lowest BCUT2D eigenvalue weighted by Crippen LogP contribution is -2.28. The molecule has 1 saturated heterocycles. The van der Waals surface area contributed by atoms with Crippen molar-refractivity contribution in [1.29, 1.82) is 0 Å². The van der Waals surface area contributed by atoms with Crippen molar-refractivity contribution in [1.82, 2.24) is 4.90 Å². The number of amides is 1. The Bertz CT molecular complexity index is 666. The van der Waals surface area contributed by atoms with Crippen LogP contribution in [0.3, 0.4) is 0 Å². The van der Waals surface area contributed by atoms with Crippen LogP contribution in [0.15, 0.2) is 30.3 Å². The van der Waals surface area contributed by atoms with E-state index >= 15 is 0 Å². The fourth-order valence-electron chi connectivity index (χ4n) is 2.35. The normalized spacial score (nSPS) is 18.5. The van der Waals surface area contributed by atoms with E-state index in [0.717, 1.165) is 9.75 Å². The predicted octanol–water partition coefficient (Wildman–Crippen LogP) is 4.11. The molecule has 0 radical (unpaired) electrons. The highest BCUT2D eigenvalue weighted by Gasteiger charge is 2.36. The summed E-state index contributed by atoms with van der Waals surface area (Å²) in [7, 11) is 0. The molecule has 0 spiro atoms. The molecule has 2 heterocycles. The number of carbonyl (C=O) groups is 1. The molecular weight excluding hydrogens is 312 g/mol. The first kappa shape index (κ1) is 14.5. The van der Waals surface area contributed by atoms with Gasteiger partial charge in [0.1, 0.15) is 17.0 Å². The lowest BCUT2D eigenvalue weighted by Gasteiger charge is -2.24. The second-order valence-corrected chi connectivity index (χ2v) is 7.27. The summed E-state index contributed by atoms with van der Waals surface area (Å²) in [6, 6.07) is 7.73. The number of halogens is 2. The van der Waals surface area contributed by atoms with Gasteiger partial charge in [-0.1, -0.05) is 6.07 Å². The molecule has 1 aromatic heterocycles. The summed E-state index contributed by atoms with van der Waals surface area (Å²) in [6.07, 6.45) is 0. The average Bonchev–Trinajstić information content (AvgIpc) is 2.99. The highest BCUT2D eigenvalue weighted by Crippen LogP contribution is 2.42. The average molecular weight is 325 g/mol. The van der Waals surface area contributed by atoms with E-state index in [2.05, 4.69) is 0 Å². The van der Waals surface area contributed by atoms with Gasteiger partial charge in [-0.25, -0.2) is 8.78 Å². The lowest BCUT2D eigenvalue weighted by molar-refractivity contribution is -0.128. The minimum Gasteiger partial charge on any atom is -0.320 e. The predicted molar refractivity (Wildman–Crippen MR) is 81.2 cm³/mol. The molecule has 1 aromatic carbocycles. The van der Waals surface area contributed by atoms with Crippen LogP contribution < -0.4 is 0 Å². The van der Waals surface area contributed by atoms with Crippen molar-refractivity contribution in [3.05, 3.63) is 57.3 Å². The molecule has 21 heavy (non-hydrogen) atoms. The van der Waals surface area contributed by atoms with Crippen LogP contribution in [-0.4, -0.2) is 16.6 Å². The Hall–Kier alpha value is -1.40. The van der Waals surface area contributed by atoms with E-state index in [1.807, 2.05) is 19.1 Å². The molecule has 1 atom stereocenters. The fraction of sp³-hybridized carbons (Fsp3) is 0.267. The Balaban J connectivity index is 1.92. The quantitative estimate of drug-likeness (QED) is 0.846. The van der Waals surface area contributed by atoms with Crippen molar-refractivity contribution in [2.24, 2.45) is 0 Å². The Morgan fingerprint density at radius 2 is 1.95 bits per heavy atom. The van der Waals surface area contributed by atoms with E-state index in [4.69, 9.17) is 0 Å². The molecular formula is C15H13F2NOS2. The molecule has 6 heteroatoms. The number of carbonyl (C=O) groups excluding carboxylic acids is 1. The molecule has 0 bridgehead atoms. The summed E-state index contributed by atoms with van der Waals surface area (Å²) >= 11 is 2.86. The number of hydrogen-bond acceptors (Lipinski definition) is 3. The first-order valence-corrected chi connectivity index (χ1v) is 8.33. The van der Waals surface area contributed by atoms with Gasteiger partial charge in [-0.15, -0.1) is 23.1 Å². The molecule has 2 aromatic rings. The summed E-state index contributed by atoms with van der Waals surface area (Å²) in [6.45, 7) is 2.38. The van der Waals surface area contributed by atoms with Crippen LogP contribution in [0.2, 0.25) is 0 Å². The smallest absolute Gasteiger partial charge is 0.234 e. The Labute approximate surface area is 129 Å². The Morgan fingerprint density at radius 1 is 1.24 bits per heavy atom. The number of nitrogens with zero attached hydrogens (tertiary/aromatic N) is 1. The molecule has 0 aliphatic carbocycles. The van der Waals surface area contributed by atoms with Gasteiger partial charge < -0.3 is 4.90 Å². The maximum Gasteiger partial charge on any atom is 0.234 e. The Morgan fingerprint density at radius 3 is 2.57 bits per heavy atom.